The molecule has 1 fully saturated rings. The predicted octanol–water partition coefficient (Wildman–Crippen LogP) is 1.61. The van der Waals surface area contributed by atoms with Crippen molar-refractivity contribution in [3.63, 3.8) is 0 Å². The fraction of sp³-hybridized carbons (Fsp3) is 0.500. The molecule has 0 saturated carbocycles. The third-order valence-corrected chi connectivity index (χ3v) is 5.67. The monoisotopic (exact) mass is 377 g/mol. The van der Waals surface area contributed by atoms with Gasteiger partial charge >= 0.3 is 16.2 Å². The number of hydrogen-bond donors (Lipinski definition) is 2. The predicted molar refractivity (Wildman–Crippen MR) is 81.1 cm³/mol. The summed E-state index contributed by atoms with van der Waals surface area (Å²) in [4.78, 5) is 15.0. The normalized spacial score (nSPS) is 20.2. The minimum absolute atomic E-state index is 0.00634. The van der Waals surface area contributed by atoms with E-state index in [1.807, 2.05) is 0 Å². The fourth-order valence-electron chi connectivity index (χ4n) is 2.19. The molecule has 0 aromatic carbocycles. The van der Waals surface area contributed by atoms with E-state index in [2.05, 4.69) is 25.6 Å². The van der Waals surface area contributed by atoms with Crippen LogP contribution in [0.2, 0.25) is 0 Å². The van der Waals surface area contributed by atoms with E-state index in [0.29, 0.717) is 29.7 Å². The molecule has 21 heavy (non-hydrogen) atoms. The van der Waals surface area contributed by atoms with E-state index in [0.717, 1.165) is 5.56 Å². The topological polar surface area (TPSA) is 99.6 Å². The van der Waals surface area contributed by atoms with Crippen LogP contribution in [0.15, 0.2) is 16.9 Å². The van der Waals surface area contributed by atoms with Crippen molar-refractivity contribution in [3.8, 4) is 0 Å². The van der Waals surface area contributed by atoms with E-state index in [9.17, 15) is 13.2 Å². The van der Waals surface area contributed by atoms with Gasteiger partial charge in [-0.15, -0.1) is 0 Å². The minimum atomic E-state index is -3.77. The van der Waals surface area contributed by atoms with Crippen molar-refractivity contribution in [1.29, 1.82) is 0 Å². The molecule has 1 aromatic rings. The molecule has 1 aliphatic heterocycles. The molecule has 2 heterocycles. The summed E-state index contributed by atoms with van der Waals surface area (Å²) in [6, 6.07) is 1.66. The van der Waals surface area contributed by atoms with Crippen molar-refractivity contribution < 1.29 is 18.3 Å². The first-order valence-corrected chi connectivity index (χ1v) is 8.66. The molecule has 116 valence electrons. The Morgan fingerprint density at radius 3 is 2.90 bits per heavy atom. The van der Waals surface area contributed by atoms with Crippen LogP contribution >= 0.6 is 15.9 Å². The van der Waals surface area contributed by atoms with Crippen molar-refractivity contribution in [3.05, 3.63) is 22.4 Å². The van der Waals surface area contributed by atoms with Crippen LogP contribution in [0.5, 0.6) is 0 Å². The summed E-state index contributed by atoms with van der Waals surface area (Å²) in [7, 11) is -3.77. The van der Waals surface area contributed by atoms with Crippen LogP contribution < -0.4 is 4.72 Å². The molecule has 0 amide bonds. The quantitative estimate of drug-likeness (QED) is 0.776. The second kappa shape index (κ2) is 6.29. The number of hydrogen-bond acceptors (Lipinski definition) is 4. The lowest BCUT2D eigenvalue weighted by Gasteiger charge is -2.29. The molecule has 1 atom stereocenters. The van der Waals surface area contributed by atoms with E-state index in [-0.39, 0.29) is 6.54 Å². The lowest BCUT2D eigenvalue weighted by molar-refractivity contribution is -0.142. The number of aliphatic carboxylic acids is 1. The molecule has 1 aromatic heterocycles. The van der Waals surface area contributed by atoms with Gasteiger partial charge in [0.05, 0.1) is 17.8 Å². The number of nitrogens with one attached hydrogen (secondary N) is 1. The zero-order valence-electron chi connectivity index (χ0n) is 11.4. The Labute approximate surface area is 131 Å². The highest BCUT2D eigenvalue weighted by Gasteiger charge is 2.32. The van der Waals surface area contributed by atoms with Crippen LogP contribution in [-0.2, 0) is 15.0 Å². The van der Waals surface area contributed by atoms with Crippen LogP contribution in [-0.4, -0.2) is 41.9 Å². The van der Waals surface area contributed by atoms with Crippen molar-refractivity contribution in [2.45, 2.75) is 19.8 Å². The van der Waals surface area contributed by atoms with Crippen LogP contribution in [0.4, 0.5) is 5.69 Å². The lowest BCUT2D eigenvalue weighted by Crippen LogP contribution is -2.44. The summed E-state index contributed by atoms with van der Waals surface area (Å²) in [5, 5.41) is 9.02. The standard InChI is InChI=1S/C12H16BrN3O4S/c1-8-5-10(6-14-11(8)13)15-21(19,20)16-4-2-3-9(7-16)12(17)18/h5-6,9,15H,2-4,7H2,1H3,(H,17,18). The fourth-order valence-corrected chi connectivity index (χ4v) is 3.69. The Balaban J connectivity index is 2.14. The highest BCUT2D eigenvalue weighted by atomic mass is 79.9. The van der Waals surface area contributed by atoms with Gasteiger partial charge in [-0.3, -0.25) is 9.52 Å². The first-order valence-electron chi connectivity index (χ1n) is 6.42. The van der Waals surface area contributed by atoms with Gasteiger partial charge in [-0.05, 0) is 47.3 Å². The van der Waals surface area contributed by atoms with Crippen LogP contribution in [0.3, 0.4) is 0 Å². The molecule has 2 N–H and O–H groups in total. The number of piperidine rings is 1. The molecule has 9 heteroatoms. The summed E-state index contributed by atoms with van der Waals surface area (Å²) in [5.74, 6) is -1.61. The maximum absolute atomic E-state index is 12.3. The van der Waals surface area contributed by atoms with E-state index in [4.69, 9.17) is 5.11 Å². The number of carbonyl (C=O) groups is 1. The van der Waals surface area contributed by atoms with Gasteiger partial charge in [-0.1, -0.05) is 0 Å². The number of halogens is 1. The molecule has 0 spiro atoms. The highest BCUT2D eigenvalue weighted by molar-refractivity contribution is 9.10. The van der Waals surface area contributed by atoms with Gasteiger partial charge in [0.25, 0.3) is 0 Å². The molecule has 0 radical (unpaired) electrons. The number of nitrogens with zero attached hydrogens (tertiary/aromatic N) is 2. The van der Waals surface area contributed by atoms with Gasteiger partial charge in [0, 0.05) is 13.1 Å². The number of aryl methyl sites for hydroxylation is 1. The summed E-state index contributed by atoms with van der Waals surface area (Å²) in [6.07, 6.45) is 2.45. The third kappa shape index (κ3) is 3.92. The Hall–Kier alpha value is -1.19. The average Bonchev–Trinajstić information content (AvgIpc) is 2.43. The zero-order valence-corrected chi connectivity index (χ0v) is 13.8. The van der Waals surface area contributed by atoms with Crippen molar-refractivity contribution >= 4 is 37.8 Å². The van der Waals surface area contributed by atoms with E-state index >= 15 is 0 Å². The number of carboxylic acid groups (broad SMARTS) is 1. The molecule has 1 unspecified atom stereocenters. The number of rotatable bonds is 4. The Morgan fingerprint density at radius 1 is 1.57 bits per heavy atom. The molecule has 1 saturated heterocycles. The van der Waals surface area contributed by atoms with Crippen LogP contribution in [0.1, 0.15) is 18.4 Å². The van der Waals surface area contributed by atoms with Gasteiger partial charge in [-0.25, -0.2) is 4.98 Å². The minimum Gasteiger partial charge on any atom is -0.481 e. The van der Waals surface area contributed by atoms with Gasteiger partial charge < -0.3 is 5.11 Å². The molecule has 7 nitrogen and oxygen atoms in total. The molecular weight excluding hydrogens is 362 g/mol. The summed E-state index contributed by atoms with van der Waals surface area (Å²) in [5.41, 5.74) is 1.16. The third-order valence-electron chi connectivity index (χ3n) is 3.33. The SMILES string of the molecule is Cc1cc(NS(=O)(=O)N2CCCC(C(=O)O)C2)cnc1Br. The lowest BCUT2D eigenvalue weighted by atomic mass is 10.0. The van der Waals surface area contributed by atoms with Crippen molar-refractivity contribution in [1.82, 2.24) is 9.29 Å². The van der Waals surface area contributed by atoms with Gasteiger partial charge in [0.15, 0.2) is 0 Å². The summed E-state index contributed by atoms with van der Waals surface area (Å²) < 4.78 is 28.9. The number of pyridine rings is 1. The first kappa shape index (κ1) is 16.2. The highest BCUT2D eigenvalue weighted by Crippen LogP contribution is 2.22. The average molecular weight is 378 g/mol. The molecule has 0 aliphatic carbocycles. The van der Waals surface area contributed by atoms with Crippen LogP contribution in [0, 0.1) is 12.8 Å². The molecule has 2 rings (SSSR count). The maximum Gasteiger partial charge on any atom is 0.307 e. The number of carboxylic acids is 1. The Bertz CT molecular complexity index is 650. The van der Waals surface area contributed by atoms with Crippen LogP contribution in [0.25, 0.3) is 0 Å². The Morgan fingerprint density at radius 2 is 2.29 bits per heavy atom. The smallest absolute Gasteiger partial charge is 0.307 e. The van der Waals surface area contributed by atoms with Gasteiger partial charge in [0.2, 0.25) is 0 Å². The molecular formula is C12H16BrN3O4S. The molecule has 0 bridgehead atoms. The van der Waals surface area contributed by atoms with Gasteiger partial charge in [-0.2, -0.15) is 12.7 Å². The molecule has 1 aliphatic rings. The second-order valence-electron chi connectivity index (χ2n) is 4.97. The summed E-state index contributed by atoms with van der Waals surface area (Å²) >= 11 is 3.25. The Kier molecular flexibility index (Phi) is 4.84. The zero-order chi connectivity index (χ0) is 15.6. The van der Waals surface area contributed by atoms with Crippen molar-refractivity contribution in [2.24, 2.45) is 5.92 Å². The maximum atomic E-state index is 12.3. The van der Waals surface area contributed by atoms with E-state index < -0.39 is 22.1 Å². The summed E-state index contributed by atoms with van der Waals surface area (Å²) in [6.45, 7) is 2.12. The van der Waals surface area contributed by atoms with Gasteiger partial charge in [0.1, 0.15) is 4.60 Å². The number of aromatic nitrogens is 1. The second-order valence-corrected chi connectivity index (χ2v) is 7.40. The van der Waals surface area contributed by atoms with E-state index in [1.165, 1.54) is 10.5 Å². The van der Waals surface area contributed by atoms with Crippen molar-refractivity contribution in [2.75, 3.05) is 17.8 Å². The first-order chi connectivity index (χ1) is 9.79. The number of anilines is 1. The van der Waals surface area contributed by atoms with E-state index in [1.54, 1.807) is 13.0 Å². The largest absolute Gasteiger partial charge is 0.481 e.